The van der Waals surface area contributed by atoms with Crippen LogP contribution in [0.2, 0.25) is 10.0 Å². The number of nitrogens with zero attached hydrogens (tertiary/aromatic N) is 1. The first-order valence-electron chi connectivity index (χ1n) is 9.37. The van der Waals surface area contributed by atoms with Gasteiger partial charge in [0.25, 0.3) is 0 Å². The molecule has 0 spiro atoms. The second-order valence-electron chi connectivity index (χ2n) is 6.80. The maximum Gasteiger partial charge on any atom is 0.224 e. The Labute approximate surface area is 178 Å². The van der Waals surface area contributed by atoms with Crippen LogP contribution in [0.1, 0.15) is 18.4 Å². The number of nitrogens with one attached hydrogen (secondary N) is 2. The van der Waals surface area contributed by atoms with Crippen LogP contribution in [-0.2, 0) is 11.2 Å². The highest BCUT2D eigenvalue weighted by molar-refractivity contribution is 6.31. The number of hydrogen-bond donors (Lipinski definition) is 2. The number of halogens is 2. The van der Waals surface area contributed by atoms with Crippen molar-refractivity contribution >= 4 is 45.7 Å². The number of carbonyl (C=O) groups is 1. The number of benzene rings is 2. The molecule has 0 saturated heterocycles. The highest BCUT2D eigenvalue weighted by Gasteiger charge is 2.15. The number of aromatic amines is 1. The van der Waals surface area contributed by atoms with Crippen LogP contribution < -0.4 is 5.32 Å². The summed E-state index contributed by atoms with van der Waals surface area (Å²) < 4.78 is 0. The molecule has 2 aromatic heterocycles. The summed E-state index contributed by atoms with van der Waals surface area (Å²) >= 11 is 12.2. The first kappa shape index (κ1) is 19.5. The molecule has 0 aliphatic rings. The van der Waals surface area contributed by atoms with Crippen LogP contribution in [0.15, 0.2) is 66.9 Å². The van der Waals surface area contributed by atoms with E-state index in [9.17, 15) is 4.79 Å². The number of amides is 1. The second-order valence-corrected chi connectivity index (χ2v) is 7.67. The van der Waals surface area contributed by atoms with Crippen molar-refractivity contribution in [2.24, 2.45) is 0 Å². The van der Waals surface area contributed by atoms with Gasteiger partial charge in [-0.15, -0.1) is 0 Å². The molecule has 2 N–H and O–H groups in total. The molecule has 29 heavy (non-hydrogen) atoms. The van der Waals surface area contributed by atoms with Gasteiger partial charge in [-0.1, -0.05) is 35.3 Å². The Morgan fingerprint density at radius 2 is 1.86 bits per heavy atom. The molecule has 4 rings (SSSR count). The standard InChI is InChI=1S/C23H19Cl2N3O/c24-15-5-3-6-17(13-15)27-22(29)9-4-7-18-19-14-16(25)10-11-20(19)28-23(18)21-8-1-2-12-26-21/h1-3,5-6,8,10-14,28H,4,7,9H2,(H,27,29). The van der Waals surface area contributed by atoms with Gasteiger partial charge in [-0.05, 0) is 66.9 Å². The quantitative estimate of drug-likeness (QED) is 0.371. The van der Waals surface area contributed by atoms with Gasteiger partial charge in [0.1, 0.15) is 0 Å². The normalized spacial score (nSPS) is 11.0. The Morgan fingerprint density at radius 1 is 1.00 bits per heavy atom. The first-order chi connectivity index (χ1) is 14.1. The first-order valence-corrected chi connectivity index (χ1v) is 10.1. The van der Waals surface area contributed by atoms with Crippen molar-refractivity contribution in [3.8, 4) is 11.4 Å². The van der Waals surface area contributed by atoms with Gasteiger partial charge < -0.3 is 10.3 Å². The second kappa shape index (κ2) is 8.68. The van der Waals surface area contributed by atoms with Crippen molar-refractivity contribution in [2.45, 2.75) is 19.3 Å². The minimum Gasteiger partial charge on any atom is -0.353 e. The van der Waals surface area contributed by atoms with E-state index in [1.165, 1.54) is 0 Å². The van der Waals surface area contributed by atoms with E-state index in [2.05, 4.69) is 15.3 Å². The summed E-state index contributed by atoms with van der Waals surface area (Å²) in [5, 5.41) is 5.23. The molecule has 0 radical (unpaired) electrons. The number of fused-ring (bicyclic) bond motifs is 1. The molecule has 0 unspecified atom stereocenters. The highest BCUT2D eigenvalue weighted by atomic mass is 35.5. The van der Waals surface area contributed by atoms with E-state index in [4.69, 9.17) is 23.2 Å². The summed E-state index contributed by atoms with van der Waals surface area (Å²) in [5.41, 5.74) is 4.68. The number of pyridine rings is 1. The van der Waals surface area contributed by atoms with Crippen LogP contribution in [0.5, 0.6) is 0 Å². The topological polar surface area (TPSA) is 57.8 Å². The number of H-pyrrole nitrogens is 1. The molecule has 0 atom stereocenters. The van der Waals surface area contributed by atoms with Crippen molar-refractivity contribution < 1.29 is 4.79 Å². The Balaban J connectivity index is 1.52. The van der Waals surface area contributed by atoms with E-state index in [1.54, 1.807) is 18.3 Å². The van der Waals surface area contributed by atoms with Gasteiger partial charge in [-0.25, -0.2) is 0 Å². The number of anilines is 1. The van der Waals surface area contributed by atoms with Gasteiger partial charge in [0.2, 0.25) is 5.91 Å². The summed E-state index contributed by atoms with van der Waals surface area (Å²) in [7, 11) is 0. The predicted molar refractivity (Wildman–Crippen MR) is 120 cm³/mol. The molecule has 0 aliphatic carbocycles. The van der Waals surface area contributed by atoms with E-state index >= 15 is 0 Å². The fraction of sp³-hybridized carbons (Fsp3) is 0.130. The van der Waals surface area contributed by atoms with E-state index in [0.717, 1.165) is 34.3 Å². The molecule has 0 fully saturated rings. The van der Waals surface area contributed by atoms with Crippen LogP contribution >= 0.6 is 23.2 Å². The Bertz CT molecular complexity index is 1160. The minimum absolute atomic E-state index is 0.0375. The molecular formula is C23H19Cl2N3O. The SMILES string of the molecule is O=C(CCCc1c(-c2ccccn2)[nH]c2ccc(Cl)cc12)Nc1cccc(Cl)c1. The van der Waals surface area contributed by atoms with Crippen LogP contribution in [-0.4, -0.2) is 15.9 Å². The zero-order valence-corrected chi connectivity index (χ0v) is 17.1. The van der Waals surface area contributed by atoms with Crippen molar-refractivity contribution in [1.82, 2.24) is 9.97 Å². The summed E-state index contributed by atoms with van der Waals surface area (Å²) in [6.45, 7) is 0. The fourth-order valence-corrected chi connectivity index (χ4v) is 3.79. The number of hydrogen-bond acceptors (Lipinski definition) is 2. The Morgan fingerprint density at radius 3 is 2.66 bits per heavy atom. The molecule has 2 heterocycles. The van der Waals surface area contributed by atoms with E-state index in [1.807, 2.05) is 48.5 Å². The van der Waals surface area contributed by atoms with E-state index in [0.29, 0.717) is 28.6 Å². The van der Waals surface area contributed by atoms with Gasteiger partial charge in [-0.2, -0.15) is 0 Å². The van der Waals surface area contributed by atoms with Gasteiger partial charge in [-0.3, -0.25) is 9.78 Å². The smallest absolute Gasteiger partial charge is 0.224 e. The zero-order valence-electron chi connectivity index (χ0n) is 15.6. The molecule has 2 aromatic carbocycles. The van der Waals surface area contributed by atoms with Crippen LogP contribution in [0, 0.1) is 0 Å². The molecular weight excluding hydrogens is 405 g/mol. The number of carbonyl (C=O) groups excluding carboxylic acids is 1. The molecule has 4 nitrogen and oxygen atoms in total. The lowest BCUT2D eigenvalue weighted by Crippen LogP contribution is -2.11. The van der Waals surface area contributed by atoms with Gasteiger partial charge in [0.05, 0.1) is 11.4 Å². The summed E-state index contributed by atoms with van der Waals surface area (Å²) in [4.78, 5) is 20.3. The summed E-state index contributed by atoms with van der Waals surface area (Å²) in [5.74, 6) is -0.0375. The van der Waals surface area contributed by atoms with Crippen LogP contribution in [0.3, 0.4) is 0 Å². The van der Waals surface area contributed by atoms with Crippen LogP contribution in [0.4, 0.5) is 5.69 Å². The minimum atomic E-state index is -0.0375. The van der Waals surface area contributed by atoms with Crippen molar-refractivity contribution in [1.29, 1.82) is 0 Å². The number of aromatic nitrogens is 2. The van der Waals surface area contributed by atoms with Crippen LogP contribution in [0.25, 0.3) is 22.3 Å². The third-order valence-electron chi connectivity index (χ3n) is 4.73. The number of rotatable bonds is 6. The molecule has 0 bridgehead atoms. The fourth-order valence-electron chi connectivity index (χ4n) is 3.42. The number of aryl methyl sites for hydroxylation is 1. The lowest BCUT2D eigenvalue weighted by atomic mass is 10.0. The molecule has 1 amide bonds. The maximum absolute atomic E-state index is 12.3. The van der Waals surface area contributed by atoms with Crippen molar-refractivity contribution in [3.05, 3.63) is 82.5 Å². The van der Waals surface area contributed by atoms with Crippen molar-refractivity contribution in [2.75, 3.05) is 5.32 Å². The third kappa shape index (κ3) is 4.61. The molecule has 6 heteroatoms. The lowest BCUT2D eigenvalue weighted by Gasteiger charge is -2.07. The Kier molecular flexibility index (Phi) is 5.84. The largest absolute Gasteiger partial charge is 0.353 e. The molecule has 0 aliphatic heterocycles. The van der Waals surface area contributed by atoms with Gasteiger partial charge >= 0.3 is 0 Å². The summed E-state index contributed by atoms with van der Waals surface area (Å²) in [6, 6.07) is 18.8. The maximum atomic E-state index is 12.3. The third-order valence-corrected chi connectivity index (χ3v) is 5.20. The zero-order chi connectivity index (χ0) is 20.2. The van der Waals surface area contributed by atoms with Gasteiger partial charge in [0.15, 0.2) is 0 Å². The average molecular weight is 424 g/mol. The van der Waals surface area contributed by atoms with E-state index < -0.39 is 0 Å². The molecule has 0 saturated carbocycles. The lowest BCUT2D eigenvalue weighted by molar-refractivity contribution is -0.116. The molecule has 146 valence electrons. The average Bonchev–Trinajstić information content (AvgIpc) is 3.06. The monoisotopic (exact) mass is 423 g/mol. The summed E-state index contributed by atoms with van der Waals surface area (Å²) in [6.07, 6.45) is 3.61. The highest BCUT2D eigenvalue weighted by Crippen LogP contribution is 2.32. The van der Waals surface area contributed by atoms with E-state index in [-0.39, 0.29) is 5.91 Å². The van der Waals surface area contributed by atoms with Gasteiger partial charge in [0, 0.05) is 39.3 Å². The Hall–Kier alpha value is -2.82. The predicted octanol–water partition coefficient (Wildman–Crippen LogP) is 6.50. The van der Waals surface area contributed by atoms with Crippen molar-refractivity contribution in [3.63, 3.8) is 0 Å². The molecule has 4 aromatic rings.